The lowest BCUT2D eigenvalue weighted by atomic mass is 10.0. The Hall–Kier alpha value is -3.88. The lowest BCUT2D eigenvalue weighted by Crippen LogP contribution is -2.77. The fourth-order valence-electron chi connectivity index (χ4n) is 6.53. The van der Waals surface area contributed by atoms with Crippen LogP contribution in [0.4, 0.5) is 0 Å². The molecule has 0 bridgehead atoms. The predicted molar refractivity (Wildman–Crippen MR) is 152 cm³/mol. The molecule has 1 nitrogen and oxygen atoms in total. The van der Waals surface area contributed by atoms with Gasteiger partial charge in [-0.05, 0) is 57.4 Å². The van der Waals surface area contributed by atoms with Crippen LogP contribution in [0.25, 0.3) is 21.8 Å². The highest BCUT2D eigenvalue weighted by Crippen LogP contribution is 2.29. The Kier molecular flexibility index (Phi) is 4.58. The van der Waals surface area contributed by atoms with Gasteiger partial charge in [-0.2, -0.15) is 0 Å². The van der Waals surface area contributed by atoms with Gasteiger partial charge in [0, 0.05) is 28.4 Å². The van der Waals surface area contributed by atoms with E-state index in [1.54, 1.807) is 0 Å². The minimum absolute atomic E-state index is 0.959. The van der Waals surface area contributed by atoms with E-state index in [0.717, 1.165) is 13.0 Å². The van der Waals surface area contributed by atoms with Crippen LogP contribution in [0.5, 0.6) is 0 Å². The number of aromatic nitrogens is 1. The Morgan fingerprint density at radius 3 is 1.89 bits per heavy atom. The average molecular weight is 466 g/mol. The third-order valence-electron chi connectivity index (χ3n) is 7.95. The van der Waals surface area contributed by atoms with Crippen molar-refractivity contribution in [1.29, 1.82) is 0 Å². The van der Waals surface area contributed by atoms with Crippen molar-refractivity contribution in [1.82, 2.24) is 4.57 Å². The summed E-state index contributed by atoms with van der Waals surface area (Å²) in [7, 11) is -2.49. The zero-order valence-corrected chi connectivity index (χ0v) is 20.9. The number of hydrogen-bond donors (Lipinski definition) is 0. The third kappa shape index (κ3) is 2.81. The second-order valence-corrected chi connectivity index (χ2v) is 13.3. The number of fused-ring (bicyclic) bond motifs is 5. The lowest BCUT2D eigenvalue weighted by molar-refractivity contribution is 0.827. The fraction of sp³-hybridized carbons (Fsp3) is 0.0909. The molecule has 7 rings (SSSR count). The second kappa shape index (κ2) is 7.83. The van der Waals surface area contributed by atoms with Crippen molar-refractivity contribution in [2.75, 3.05) is 0 Å². The molecule has 0 radical (unpaired) electrons. The van der Waals surface area contributed by atoms with Gasteiger partial charge in [0.25, 0.3) is 0 Å². The van der Waals surface area contributed by atoms with Crippen molar-refractivity contribution in [3.63, 3.8) is 0 Å². The van der Waals surface area contributed by atoms with E-state index in [0.29, 0.717) is 0 Å². The van der Waals surface area contributed by atoms with Crippen LogP contribution in [0.2, 0.25) is 0 Å². The van der Waals surface area contributed by atoms with Gasteiger partial charge in [-0.1, -0.05) is 109 Å². The molecule has 0 atom stereocenters. The quantitative estimate of drug-likeness (QED) is 0.320. The van der Waals surface area contributed by atoms with Crippen LogP contribution in [-0.2, 0) is 13.0 Å². The molecule has 0 fully saturated rings. The van der Waals surface area contributed by atoms with Crippen LogP contribution in [0.15, 0.2) is 121 Å². The van der Waals surface area contributed by atoms with Gasteiger partial charge in [0.15, 0.2) is 8.07 Å². The van der Waals surface area contributed by atoms with Gasteiger partial charge in [-0.3, -0.25) is 0 Å². The van der Waals surface area contributed by atoms with Gasteiger partial charge < -0.3 is 4.57 Å². The second-order valence-electron chi connectivity index (χ2n) is 9.60. The topological polar surface area (TPSA) is 4.93 Å². The summed E-state index contributed by atoms with van der Waals surface area (Å²) in [6.45, 7) is 3.22. The molecule has 0 amide bonds. The minimum Gasteiger partial charge on any atom is -0.341 e. The summed E-state index contributed by atoms with van der Waals surface area (Å²) in [5.74, 6) is 0. The fourth-order valence-corrected chi connectivity index (χ4v) is 11.8. The van der Waals surface area contributed by atoms with Gasteiger partial charge in [-0.25, -0.2) is 0 Å². The summed E-state index contributed by atoms with van der Waals surface area (Å²) >= 11 is 0. The monoisotopic (exact) mass is 465 g/mol. The molecule has 0 N–H and O–H groups in total. The number of aryl methyl sites for hydroxylation is 1. The SMILES string of the molecule is CCn1c2ccccc2c2ccc([Si]3(c4ccccc4)c4ccccc4Cc4ccccc43)cc21. The van der Waals surface area contributed by atoms with E-state index in [-0.39, 0.29) is 0 Å². The van der Waals surface area contributed by atoms with E-state index in [1.807, 2.05) is 0 Å². The highest BCUT2D eigenvalue weighted by Gasteiger charge is 2.46. The molecule has 1 aromatic heterocycles. The van der Waals surface area contributed by atoms with Crippen LogP contribution < -0.4 is 20.7 Å². The highest BCUT2D eigenvalue weighted by molar-refractivity contribution is 7.20. The number of benzene rings is 5. The molecule has 35 heavy (non-hydrogen) atoms. The van der Waals surface area contributed by atoms with E-state index in [4.69, 9.17) is 0 Å². The molecular weight excluding hydrogens is 438 g/mol. The summed E-state index contributed by atoms with van der Waals surface area (Å²) < 4.78 is 2.49. The predicted octanol–water partition coefficient (Wildman–Crippen LogP) is 5.10. The standard InChI is InChI=1S/C33H27NSi/c1-2-34-30-17-9-8-16-28(30)29-21-20-27(23-31(29)34)35(26-14-4-3-5-15-26)32-18-10-6-12-24(32)22-25-13-7-11-19-33(25)35/h3-21,23H,2,22H2,1H3. The summed E-state index contributed by atoms with van der Waals surface area (Å²) in [5.41, 5.74) is 5.60. The van der Waals surface area contributed by atoms with Crippen molar-refractivity contribution >= 4 is 50.6 Å². The number of hydrogen-bond acceptors (Lipinski definition) is 0. The molecule has 0 spiro atoms. The first-order chi connectivity index (χ1) is 17.3. The summed E-state index contributed by atoms with van der Waals surface area (Å²) in [6, 6.07) is 45.9. The van der Waals surface area contributed by atoms with Crippen molar-refractivity contribution in [3.8, 4) is 0 Å². The first-order valence-electron chi connectivity index (χ1n) is 12.6. The first kappa shape index (κ1) is 20.5. The zero-order chi connectivity index (χ0) is 23.4. The Balaban J connectivity index is 1.65. The first-order valence-corrected chi connectivity index (χ1v) is 14.6. The summed E-state index contributed by atoms with van der Waals surface area (Å²) in [5, 5.41) is 8.68. The number of rotatable bonds is 3. The van der Waals surface area contributed by atoms with Crippen LogP contribution in [0, 0.1) is 0 Å². The van der Waals surface area contributed by atoms with Crippen molar-refractivity contribution in [2.24, 2.45) is 0 Å². The largest absolute Gasteiger partial charge is 0.341 e. The molecule has 0 aliphatic carbocycles. The molecule has 5 aromatic carbocycles. The molecule has 0 unspecified atom stereocenters. The molecule has 2 heteroatoms. The maximum Gasteiger partial charge on any atom is 0.180 e. The van der Waals surface area contributed by atoms with Crippen LogP contribution in [0.1, 0.15) is 18.1 Å². The molecule has 168 valence electrons. The molecule has 1 aliphatic rings. The van der Waals surface area contributed by atoms with Gasteiger partial charge in [0.1, 0.15) is 0 Å². The summed E-state index contributed by atoms with van der Waals surface area (Å²) in [4.78, 5) is 0. The third-order valence-corrected chi connectivity index (χ3v) is 12.9. The number of para-hydroxylation sites is 1. The van der Waals surface area contributed by atoms with Crippen molar-refractivity contribution in [3.05, 3.63) is 132 Å². The Labute approximate surface area is 207 Å². The highest BCUT2D eigenvalue weighted by atomic mass is 28.3. The molecule has 0 saturated carbocycles. The molecular formula is C33H27NSi. The maximum absolute atomic E-state index is 2.52. The zero-order valence-electron chi connectivity index (χ0n) is 19.9. The smallest absolute Gasteiger partial charge is 0.180 e. The van der Waals surface area contributed by atoms with E-state index in [1.165, 1.54) is 53.7 Å². The van der Waals surface area contributed by atoms with E-state index in [2.05, 4.69) is 133 Å². The Morgan fingerprint density at radius 1 is 0.571 bits per heavy atom. The van der Waals surface area contributed by atoms with Crippen LogP contribution in [-0.4, -0.2) is 12.6 Å². The Bertz CT molecular complexity index is 1660. The van der Waals surface area contributed by atoms with Crippen LogP contribution in [0.3, 0.4) is 0 Å². The van der Waals surface area contributed by atoms with Gasteiger partial charge >= 0.3 is 0 Å². The molecule has 1 aliphatic heterocycles. The van der Waals surface area contributed by atoms with E-state index in [9.17, 15) is 0 Å². The van der Waals surface area contributed by atoms with Crippen molar-refractivity contribution < 1.29 is 0 Å². The Morgan fingerprint density at radius 2 is 1.17 bits per heavy atom. The normalized spacial score (nSPS) is 14.1. The summed E-state index contributed by atoms with van der Waals surface area (Å²) in [6.07, 6.45) is 1.01. The maximum atomic E-state index is 2.52. The lowest BCUT2D eigenvalue weighted by Gasteiger charge is -2.40. The number of nitrogens with zero attached hydrogens (tertiary/aromatic N) is 1. The van der Waals surface area contributed by atoms with Crippen molar-refractivity contribution in [2.45, 2.75) is 19.9 Å². The average Bonchev–Trinajstić information content (AvgIpc) is 3.25. The van der Waals surface area contributed by atoms with Gasteiger partial charge in [0.2, 0.25) is 0 Å². The molecule has 6 aromatic rings. The van der Waals surface area contributed by atoms with E-state index < -0.39 is 8.07 Å². The van der Waals surface area contributed by atoms with Gasteiger partial charge in [0.05, 0.1) is 0 Å². The van der Waals surface area contributed by atoms with E-state index >= 15 is 0 Å². The van der Waals surface area contributed by atoms with Crippen LogP contribution >= 0.6 is 0 Å². The molecule has 2 heterocycles. The minimum atomic E-state index is -2.49. The van der Waals surface area contributed by atoms with Gasteiger partial charge in [-0.15, -0.1) is 0 Å². The molecule has 0 saturated heterocycles.